The number of hydrogen-bond acceptors (Lipinski definition) is 6. The molecule has 7 nitrogen and oxygen atoms in total. The van der Waals surface area contributed by atoms with Gasteiger partial charge in [0.15, 0.2) is 5.13 Å². The number of amides is 2. The van der Waals surface area contributed by atoms with E-state index in [-0.39, 0.29) is 30.8 Å². The third-order valence-electron chi connectivity index (χ3n) is 5.21. The fraction of sp³-hybridized carbons (Fsp3) is 0.250. The molecule has 2 amide bonds. The zero-order chi connectivity index (χ0) is 22.5. The van der Waals surface area contributed by atoms with E-state index in [2.05, 4.69) is 15.6 Å². The largest absolute Gasteiger partial charge is 0.462 e. The summed E-state index contributed by atoms with van der Waals surface area (Å²) in [4.78, 5) is 42.1. The Balaban J connectivity index is 1.43. The summed E-state index contributed by atoms with van der Waals surface area (Å²) in [6, 6.07) is 17.0. The molecule has 1 aromatic heterocycles. The molecule has 1 aliphatic rings. The first kappa shape index (κ1) is 21.7. The first-order valence-electron chi connectivity index (χ1n) is 10.5. The second-order valence-corrected chi connectivity index (χ2v) is 8.42. The summed E-state index contributed by atoms with van der Waals surface area (Å²) >= 11 is 1.09. The van der Waals surface area contributed by atoms with Crippen LogP contribution in [0.15, 0.2) is 54.6 Å². The third kappa shape index (κ3) is 4.86. The van der Waals surface area contributed by atoms with E-state index in [1.165, 1.54) is 0 Å². The van der Waals surface area contributed by atoms with Crippen LogP contribution in [0.3, 0.4) is 0 Å². The number of rotatable bonds is 7. The predicted molar refractivity (Wildman–Crippen MR) is 124 cm³/mol. The molecular formula is C24H23N3O4S. The predicted octanol–water partition coefficient (Wildman–Crippen LogP) is 4.52. The lowest BCUT2D eigenvalue weighted by Gasteiger charge is -2.24. The van der Waals surface area contributed by atoms with Crippen molar-refractivity contribution in [2.75, 3.05) is 17.2 Å². The average molecular weight is 450 g/mol. The number of thiazole rings is 1. The summed E-state index contributed by atoms with van der Waals surface area (Å²) in [5.41, 5.74) is 3.15. The number of hydrogen-bond donors (Lipinski definition) is 2. The van der Waals surface area contributed by atoms with Crippen LogP contribution in [0.25, 0.3) is 11.3 Å². The molecule has 0 spiro atoms. The van der Waals surface area contributed by atoms with Crippen molar-refractivity contribution in [3.8, 4) is 11.3 Å². The SMILES string of the molecule is CCOC(=O)c1sc(NC(=O)CCC2Cc3ccccc3NC2=O)nc1-c1ccccc1. The molecule has 0 saturated carbocycles. The molecule has 0 radical (unpaired) electrons. The lowest BCUT2D eigenvalue weighted by atomic mass is 9.89. The lowest BCUT2D eigenvalue weighted by molar-refractivity contribution is -0.121. The van der Waals surface area contributed by atoms with Crippen molar-refractivity contribution in [2.24, 2.45) is 5.92 Å². The molecule has 1 aliphatic heterocycles. The number of fused-ring (bicyclic) bond motifs is 1. The molecule has 1 atom stereocenters. The maximum Gasteiger partial charge on any atom is 0.350 e. The van der Waals surface area contributed by atoms with Crippen molar-refractivity contribution >= 4 is 39.9 Å². The fourth-order valence-corrected chi connectivity index (χ4v) is 4.53. The highest BCUT2D eigenvalue weighted by atomic mass is 32.1. The molecule has 3 aromatic rings. The third-order valence-corrected chi connectivity index (χ3v) is 6.16. The smallest absolute Gasteiger partial charge is 0.350 e. The Hall–Kier alpha value is -3.52. The quantitative estimate of drug-likeness (QED) is 0.517. The number of anilines is 2. The van der Waals surface area contributed by atoms with Crippen LogP contribution in [0.4, 0.5) is 10.8 Å². The molecule has 0 saturated heterocycles. The normalized spacial score (nSPS) is 14.9. The van der Waals surface area contributed by atoms with E-state index in [0.29, 0.717) is 28.5 Å². The molecule has 2 heterocycles. The van der Waals surface area contributed by atoms with Gasteiger partial charge in [-0.15, -0.1) is 0 Å². The summed E-state index contributed by atoms with van der Waals surface area (Å²) in [5, 5.41) is 6.01. The van der Waals surface area contributed by atoms with Gasteiger partial charge < -0.3 is 15.4 Å². The van der Waals surface area contributed by atoms with Crippen LogP contribution in [-0.2, 0) is 20.7 Å². The van der Waals surface area contributed by atoms with Crippen LogP contribution >= 0.6 is 11.3 Å². The highest BCUT2D eigenvalue weighted by Crippen LogP contribution is 2.32. The first-order valence-corrected chi connectivity index (χ1v) is 11.3. The van der Waals surface area contributed by atoms with Gasteiger partial charge >= 0.3 is 5.97 Å². The van der Waals surface area contributed by atoms with Crippen molar-refractivity contribution in [2.45, 2.75) is 26.2 Å². The van der Waals surface area contributed by atoms with E-state index in [1.807, 2.05) is 54.6 Å². The van der Waals surface area contributed by atoms with Gasteiger partial charge in [0.1, 0.15) is 4.88 Å². The van der Waals surface area contributed by atoms with E-state index in [0.717, 1.165) is 28.2 Å². The number of ether oxygens (including phenoxy) is 1. The maximum atomic E-state index is 12.6. The number of nitrogens with one attached hydrogen (secondary N) is 2. The minimum atomic E-state index is -0.470. The van der Waals surface area contributed by atoms with Crippen molar-refractivity contribution < 1.29 is 19.1 Å². The lowest BCUT2D eigenvalue weighted by Crippen LogP contribution is -2.30. The zero-order valence-electron chi connectivity index (χ0n) is 17.6. The Morgan fingerprint density at radius 3 is 2.69 bits per heavy atom. The number of carbonyl (C=O) groups excluding carboxylic acids is 3. The Labute approximate surface area is 189 Å². The molecule has 2 aromatic carbocycles. The van der Waals surface area contributed by atoms with Gasteiger partial charge in [0.05, 0.1) is 12.3 Å². The Morgan fingerprint density at radius 1 is 1.16 bits per heavy atom. The number of aromatic nitrogens is 1. The first-order chi connectivity index (χ1) is 15.5. The van der Waals surface area contributed by atoms with Gasteiger partial charge in [-0.2, -0.15) is 0 Å². The summed E-state index contributed by atoms with van der Waals surface area (Å²) < 4.78 is 5.15. The number of benzene rings is 2. The summed E-state index contributed by atoms with van der Waals surface area (Å²) in [6.07, 6.45) is 1.21. The van der Waals surface area contributed by atoms with Crippen molar-refractivity contribution in [3.05, 3.63) is 65.0 Å². The van der Waals surface area contributed by atoms with E-state index in [4.69, 9.17) is 4.74 Å². The number of nitrogens with zero attached hydrogens (tertiary/aromatic N) is 1. The van der Waals surface area contributed by atoms with Crippen LogP contribution < -0.4 is 10.6 Å². The summed E-state index contributed by atoms with van der Waals surface area (Å²) in [5.74, 6) is -1.05. The van der Waals surface area contributed by atoms with E-state index in [1.54, 1.807) is 6.92 Å². The standard InChI is InChI=1S/C24H23N3O4S/c1-2-31-23(30)21-20(15-8-4-3-5-9-15)27-24(32-21)26-19(28)13-12-17-14-16-10-6-7-11-18(16)25-22(17)29/h3-11,17H,2,12-14H2,1H3,(H,25,29)(H,26,27,28). The molecule has 4 rings (SSSR count). The van der Waals surface area contributed by atoms with E-state index in [9.17, 15) is 14.4 Å². The fourth-order valence-electron chi connectivity index (χ4n) is 3.63. The number of esters is 1. The Bertz CT molecular complexity index is 1140. The second-order valence-electron chi connectivity index (χ2n) is 7.42. The second kappa shape index (κ2) is 9.74. The van der Waals surface area contributed by atoms with Crippen LogP contribution in [0, 0.1) is 5.92 Å². The molecule has 0 bridgehead atoms. The molecule has 32 heavy (non-hydrogen) atoms. The van der Waals surface area contributed by atoms with Gasteiger partial charge in [-0.05, 0) is 31.4 Å². The topological polar surface area (TPSA) is 97.4 Å². The van der Waals surface area contributed by atoms with Gasteiger partial charge in [-0.1, -0.05) is 59.9 Å². The zero-order valence-corrected chi connectivity index (χ0v) is 18.4. The molecule has 0 fully saturated rings. The molecular weight excluding hydrogens is 426 g/mol. The van der Waals surface area contributed by atoms with Gasteiger partial charge in [-0.25, -0.2) is 9.78 Å². The van der Waals surface area contributed by atoms with Crippen LogP contribution in [0.5, 0.6) is 0 Å². The Kier molecular flexibility index (Phi) is 6.61. The van der Waals surface area contributed by atoms with Gasteiger partial charge in [-0.3, -0.25) is 9.59 Å². The average Bonchev–Trinajstić information content (AvgIpc) is 3.22. The molecule has 2 N–H and O–H groups in total. The minimum absolute atomic E-state index is 0.0679. The van der Waals surface area contributed by atoms with Gasteiger partial charge in [0.2, 0.25) is 11.8 Å². The van der Waals surface area contributed by atoms with E-state index >= 15 is 0 Å². The summed E-state index contributed by atoms with van der Waals surface area (Å²) in [6.45, 7) is 1.99. The monoisotopic (exact) mass is 449 g/mol. The molecule has 164 valence electrons. The van der Waals surface area contributed by atoms with Crippen molar-refractivity contribution in [1.82, 2.24) is 4.98 Å². The molecule has 8 heteroatoms. The highest BCUT2D eigenvalue weighted by Gasteiger charge is 2.27. The molecule has 0 aliphatic carbocycles. The maximum absolute atomic E-state index is 12.6. The van der Waals surface area contributed by atoms with Crippen molar-refractivity contribution in [3.63, 3.8) is 0 Å². The number of para-hydroxylation sites is 1. The van der Waals surface area contributed by atoms with Crippen molar-refractivity contribution in [1.29, 1.82) is 0 Å². The van der Waals surface area contributed by atoms with Crippen LogP contribution in [0.1, 0.15) is 35.0 Å². The van der Waals surface area contributed by atoms with Crippen LogP contribution in [0.2, 0.25) is 0 Å². The minimum Gasteiger partial charge on any atom is -0.462 e. The Morgan fingerprint density at radius 2 is 1.91 bits per heavy atom. The van der Waals surface area contributed by atoms with Crippen LogP contribution in [-0.4, -0.2) is 29.4 Å². The highest BCUT2D eigenvalue weighted by molar-refractivity contribution is 7.18. The van der Waals surface area contributed by atoms with Gasteiger partial charge in [0, 0.05) is 23.6 Å². The number of carbonyl (C=O) groups is 3. The summed E-state index contributed by atoms with van der Waals surface area (Å²) in [7, 11) is 0. The van der Waals surface area contributed by atoms with E-state index < -0.39 is 5.97 Å². The van der Waals surface area contributed by atoms with Gasteiger partial charge in [0.25, 0.3) is 0 Å². The molecule has 1 unspecified atom stereocenters.